The molecule has 5 nitrogen and oxygen atoms in total. The number of halogens is 1. The SMILES string of the molecule is Cc1ccc(-c2ccc(C=Nc3c(-c4ccco4)nc4ccccn34)o2)cc1Cl. The Morgan fingerprint density at radius 3 is 2.79 bits per heavy atom. The summed E-state index contributed by atoms with van der Waals surface area (Å²) in [4.78, 5) is 9.30. The molecule has 0 N–H and O–H groups in total. The van der Waals surface area contributed by atoms with Crippen LogP contribution in [0.2, 0.25) is 5.02 Å². The highest BCUT2D eigenvalue weighted by molar-refractivity contribution is 6.31. The van der Waals surface area contributed by atoms with Gasteiger partial charge in [0.25, 0.3) is 0 Å². The molecule has 5 rings (SSSR count). The van der Waals surface area contributed by atoms with Gasteiger partial charge in [-0.05, 0) is 55.0 Å². The topological polar surface area (TPSA) is 55.9 Å². The smallest absolute Gasteiger partial charge is 0.168 e. The second-order valence-electron chi connectivity index (χ2n) is 6.61. The average Bonchev–Trinajstić information content (AvgIpc) is 3.48. The highest BCUT2D eigenvalue weighted by Crippen LogP contribution is 2.31. The average molecular weight is 402 g/mol. The van der Waals surface area contributed by atoms with Crippen LogP contribution < -0.4 is 0 Å². The van der Waals surface area contributed by atoms with Gasteiger partial charge in [0.2, 0.25) is 0 Å². The fourth-order valence-electron chi connectivity index (χ4n) is 3.13. The van der Waals surface area contributed by atoms with Gasteiger partial charge in [-0.3, -0.25) is 4.40 Å². The molecule has 0 saturated heterocycles. The quantitative estimate of drug-likeness (QED) is 0.320. The molecule has 0 bridgehead atoms. The van der Waals surface area contributed by atoms with E-state index in [2.05, 4.69) is 9.98 Å². The molecular weight excluding hydrogens is 386 g/mol. The summed E-state index contributed by atoms with van der Waals surface area (Å²) in [6.07, 6.45) is 5.23. The summed E-state index contributed by atoms with van der Waals surface area (Å²) in [5, 5.41) is 0.711. The molecule has 0 spiro atoms. The number of hydrogen-bond donors (Lipinski definition) is 0. The molecule has 4 aromatic heterocycles. The molecule has 29 heavy (non-hydrogen) atoms. The number of aliphatic imine (C=N–C) groups is 1. The number of nitrogens with zero attached hydrogens (tertiary/aromatic N) is 3. The van der Waals surface area contributed by atoms with Gasteiger partial charge in [-0.2, -0.15) is 0 Å². The maximum Gasteiger partial charge on any atom is 0.168 e. The molecule has 5 aromatic rings. The van der Waals surface area contributed by atoms with E-state index in [-0.39, 0.29) is 0 Å². The fraction of sp³-hybridized carbons (Fsp3) is 0.0435. The Labute approximate surface area is 171 Å². The van der Waals surface area contributed by atoms with E-state index >= 15 is 0 Å². The molecular formula is C23H16ClN3O2. The first kappa shape index (κ1) is 17.5. The first-order valence-corrected chi connectivity index (χ1v) is 9.48. The summed E-state index contributed by atoms with van der Waals surface area (Å²) < 4.78 is 13.4. The summed E-state index contributed by atoms with van der Waals surface area (Å²) in [6, 6.07) is 19.1. The lowest BCUT2D eigenvalue weighted by Crippen LogP contribution is -1.83. The number of imidazole rings is 1. The van der Waals surface area contributed by atoms with Crippen molar-refractivity contribution >= 4 is 29.3 Å². The van der Waals surface area contributed by atoms with E-state index in [0.717, 1.165) is 22.5 Å². The van der Waals surface area contributed by atoms with Gasteiger partial charge >= 0.3 is 0 Å². The minimum atomic E-state index is 0.632. The van der Waals surface area contributed by atoms with Crippen molar-refractivity contribution in [2.75, 3.05) is 0 Å². The van der Waals surface area contributed by atoms with E-state index in [1.165, 1.54) is 0 Å². The third-order valence-corrected chi connectivity index (χ3v) is 5.06. The van der Waals surface area contributed by atoms with Gasteiger partial charge in [-0.15, -0.1) is 0 Å². The van der Waals surface area contributed by atoms with Crippen molar-refractivity contribution in [1.82, 2.24) is 9.38 Å². The summed E-state index contributed by atoms with van der Waals surface area (Å²) in [7, 11) is 0. The van der Waals surface area contributed by atoms with Gasteiger partial charge in [0.1, 0.15) is 17.2 Å². The van der Waals surface area contributed by atoms with Crippen LogP contribution in [0.3, 0.4) is 0 Å². The summed E-state index contributed by atoms with van der Waals surface area (Å²) in [5.41, 5.74) is 3.42. The Kier molecular flexibility index (Phi) is 4.30. The molecule has 0 aliphatic rings. The highest BCUT2D eigenvalue weighted by Gasteiger charge is 2.15. The summed E-state index contributed by atoms with van der Waals surface area (Å²) >= 11 is 6.23. The molecule has 0 atom stereocenters. The van der Waals surface area contributed by atoms with Gasteiger partial charge in [0.05, 0.1) is 12.5 Å². The first-order valence-electron chi connectivity index (χ1n) is 9.10. The molecule has 0 unspecified atom stereocenters. The van der Waals surface area contributed by atoms with E-state index in [0.29, 0.717) is 28.1 Å². The summed E-state index contributed by atoms with van der Waals surface area (Å²) in [5.74, 6) is 2.70. The van der Waals surface area contributed by atoms with Crippen LogP contribution in [0.5, 0.6) is 0 Å². The zero-order valence-electron chi connectivity index (χ0n) is 15.5. The van der Waals surface area contributed by atoms with Gasteiger partial charge in [-0.25, -0.2) is 9.98 Å². The van der Waals surface area contributed by atoms with Crippen molar-refractivity contribution in [3.8, 4) is 22.8 Å². The van der Waals surface area contributed by atoms with Gasteiger partial charge in [-0.1, -0.05) is 29.8 Å². The predicted octanol–water partition coefficient (Wildman–Crippen LogP) is 6.57. The van der Waals surface area contributed by atoms with Crippen molar-refractivity contribution < 1.29 is 8.83 Å². The Morgan fingerprint density at radius 1 is 1.03 bits per heavy atom. The molecule has 1 aromatic carbocycles. The van der Waals surface area contributed by atoms with E-state index in [1.807, 2.05) is 78.2 Å². The monoisotopic (exact) mass is 401 g/mol. The lowest BCUT2D eigenvalue weighted by Gasteiger charge is -2.00. The van der Waals surface area contributed by atoms with E-state index in [4.69, 9.17) is 20.4 Å². The number of benzene rings is 1. The van der Waals surface area contributed by atoms with Crippen LogP contribution in [0.4, 0.5) is 5.82 Å². The molecule has 6 heteroatoms. The Hall–Kier alpha value is -3.57. The van der Waals surface area contributed by atoms with Gasteiger partial charge < -0.3 is 8.83 Å². The van der Waals surface area contributed by atoms with Gasteiger partial charge in [0.15, 0.2) is 17.3 Å². The summed E-state index contributed by atoms with van der Waals surface area (Å²) in [6.45, 7) is 1.97. The van der Waals surface area contributed by atoms with E-state index in [9.17, 15) is 0 Å². The number of pyridine rings is 1. The van der Waals surface area contributed by atoms with E-state index in [1.54, 1.807) is 12.5 Å². The maximum absolute atomic E-state index is 6.23. The van der Waals surface area contributed by atoms with Crippen LogP contribution >= 0.6 is 11.6 Å². The van der Waals surface area contributed by atoms with Crippen molar-refractivity contribution in [1.29, 1.82) is 0 Å². The van der Waals surface area contributed by atoms with Crippen LogP contribution in [0.15, 0.2) is 87.0 Å². The standard InChI is InChI=1S/C23H16ClN3O2/c1-15-7-8-16(13-18(15)24)19-10-9-17(29-19)14-25-23-22(20-5-4-12-28-20)26-21-6-2-3-11-27(21)23/h2-14H,1H3. The Balaban J connectivity index is 1.52. The molecule has 0 aliphatic heterocycles. The normalized spacial score (nSPS) is 11.7. The minimum absolute atomic E-state index is 0.632. The lowest BCUT2D eigenvalue weighted by atomic mass is 10.1. The fourth-order valence-corrected chi connectivity index (χ4v) is 3.31. The Morgan fingerprint density at radius 2 is 1.97 bits per heavy atom. The zero-order valence-corrected chi connectivity index (χ0v) is 16.3. The van der Waals surface area contributed by atoms with Crippen molar-refractivity contribution in [2.24, 2.45) is 4.99 Å². The first-order chi connectivity index (χ1) is 14.2. The van der Waals surface area contributed by atoms with E-state index < -0.39 is 0 Å². The van der Waals surface area contributed by atoms with Crippen LogP contribution in [0.1, 0.15) is 11.3 Å². The Bertz CT molecular complexity index is 1330. The second-order valence-corrected chi connectivity index (χ2v) is 7.02. The molecule has 142 valence electrons. The third-order valence-electron chi connectivity index (χ3n) is 4.66. The minimum Gasteiger partial charge on any atom is -0.463 e. The van der Waals surface area contributed by atoms with Gasteiger partial charge in [0, 0.05) is 16.8 Å². The van der Waals surface area contributed by atoms with Crippen LogP contribution in [-0.2, 0) is 0 Å². The number of rotatable bonds is 4. The molecule has 0 amide bonds. The largest absolute Gasteiger partial charge is 0.463 e. The molecule has 0 aliphatic carbocycles. The molecule has 0 radical (unpaired) electrons. The molecule has 0 saturated carbocycles. The van der Waals surface area contributed by atoms with Crippen LogP contribution in [0.25, 0.3) is 28.4 Å². The van der Waals surface area contributed by atoms with Crippen molar-refractivity contribution in [2.45, 2.75) is 6.92 Å². The van der Waals surface area contributed by atoms with Crippen molar-refractivity contribution in [3.05, 3.63) is 89.5 Å². The zero-order chi connectivity index (χ0) is 19.8. The predicted molar refractivity (Wildman–Crippen MR) is 114 cm³/mol. The maximum atomic E-state index is 6.23. The lowest BCUT2D eigenvalue weighted by molar-refractivity contribution is 0.575. The molecule has 4 heterocycles. The number of furan rings is 2. The van der Waals surface area contributed by atoms with Crippen LogP contribution in [-0.4, -0.2) is 15.6 Å². The number of hydrogen-bond acceptors (Lipinski definition) is 4. The highest BCUT2D eigenvalue weighted by atomic mass is 35.5. The number of fused-ring (bicyclic) bond motifs is 1. The number of aromatic nitrogens is 2. The third kappa shape index (κ3) is 3.26. The van der Waals surface area contributed by atoms with Crippen molar-refractivity contribution in [3.63, 3.8) is 0 Å². The molecule has 0 fully saturated rings. The van der Waals surface area contributed by atoms with Crippen LogP contribution in [0, 0.1) is 6.92 Å². The second kappa shape index (κ2) is 7.11. The number of aryl methyl sites for hydroxylation is 1.